The van der Waals surface area contributed by atoms with E-state index in [1.165, 1.54) is 0 Å². The molecular formula is C9H15Cl2N3O2. The van der Waals surface area contributed by atoms with Crippen molar-refractivity contribution in [3.05, 3.63) is 17.5 Å². The van der Waals surface area contributed by atoms with Crippen LogP contribution >= 0.6 is 24.8 Å². The molecule has 7 heteroatoms. The minimum atomic E-state index is -0.235. The van der Waals surface area contributed by atoms with Crippen LogP contribution in [0, 0.1) is 0 Å². The number of nitrogens with zero attached hydrogens (tertiary/aromatic N) is 1. The van der Waals surface area contributed by atoms with Gasteiger partial charge in [0.1, 0.15) is 5.92 Å². The topological polar surface area (TPSA) is 67.0 Å². The Balaban J connectivity index is 0.00000112. The highest BCUT2D eigenvalue weighted by molar-refractivity contribution is 5.85. The van der Waals surface area contributed by atoms with Gasteiger partial charge in [0.2, 0.25) is 0 Å². The van der Waals surface area contributed by atoms with Crippen LogP contribution in [0.2, 0.25) is 0 Å². The van der Waals surface area contributed by atoms with Crippen LogP contribution in [0.1, 0.15) is 24.1 Å². The summed E-state index contributed by atoms with van der Waals surface area (Å²) in [6, 6.07) is 0. The molecule has 2 N–H and O–H groups in total. The number of carbonyl (C=O) groups is 1. The molecule has 0 radical (unpaired) electrons. The smallest absolute Gasteiger partial charge is 0.316 e. The number of aromatic amines is 1. The summed E-state index contributed by atoms with van der Waals surface area (Å²) in [5.41, 5.74) is 1.94. The summed E-state index contributed by atoms with van der Waals surface area (Å²) in [6.45, 7) is 3.61. The Morgan fingerprint density at radius 3 is 3.06 bits per heavy atom. The minimum Gasteiger partial charge on any atom is -0.465 e. The lowest BCUT2D eigenvalue weighted by molar-refractivity contribution is -0.145. The van der Waals surface area contributed by atoms with E-state index < -0.39 is 0 Å². The number of nitrogens with one attached hydrogen (secondary N) is 2. The van der Waals surface area contributed by atoms with Gasteiger partial charge in [-0.05, 0) is 6.92 Å². The van der Waals surface area contributed by atoms with Crippen molar-refractivity contribution in [2.24, 2.45) is 0 Å². The van der Waals surface area contributed by atoms with Crippen LogP contribution in [0.15, 0.2) is 6.20 Å². The number of H-pyrrole nitrogens is 1. The fourth-order valence-electron chi connectivity index (χ4n) is 1.66. The molecule has 0 aromatic carbocycles. The maximum Gasteiger partial charge on any atom is 0.316 e. The van der Waals surface area contributed by atoms with E-state index in [9.17, 15) is 4.79 Å². The molecule has 92 valence electrons. The summed E-state index contributed by atoms with van der Waals surface area (Å²) in [7, 11) is 0. The molecule has 1 aliphatic heterocycles. The van der Waals surface area contributed by atoms with Crippen LogP contribution in [-0.4, -0.2) is 29.3 Å². The number of esters is 1. The van der Waals surface area contributed by atoms with E-state index in [1.807, 2.05) is 6.92 Å². The molecular weight excluding hydrogens is 253 g/mol. The second-order valence-corrected chi connectivity index (χ2v) is 3.24. The molecule has 0 aliphatic carbocycles. The molecule has 1 aliphatic rings. The molecule has 0 bridgehead atoms. The fourth-order valence-corrected chi connectivity index (χ4v) is 1.66. The van der Waals surface area contributed by atoms with Gasteiger partial charge in [-0.3, -0.25) is 9.89 Å². The zero-order valence-corrected chi connectivity index (χ0v) is 10.5. The lowest BCUT2D eigenvalue weighted by Crippen LogP contribution is -2.33. The van der Waals surface area contributed by atoms with Crippen LogP contribution in [-0.2, 0) is 16.1 Å². The summed E-state index contributed by atoms with van der Waals surface area (Å²) in [4.78, 5) is 11.5. The maximum atomic E-state index is 11.5. The van der Waals surface area contributed by atoms with Gasteiger partial charge in [-0.1, -0.05) is 0 Å². The molecule has 1 aromatic rings. The SMILES string of the molecule is CCOC(=O)C1CNCc2cn[nH]c21.Cl.Cl. The Bertz CT molecular complexity index is 343. The van der Waals surface area contributed by atoms with Crippen molar-refractivity contribution < 1.29 is 9.53 Å². The predicted octanol–water partition coefficient (Wildman–Crippen LogP) is 1.00. The quantitative estimate of drug-likeness (QED) is 0.785. The minimum absolute atomic E-state index is 0. The van der Waals surface area contributed by atoms with Gasteiger partial charge >= 0.3 is 5.97 Å². The second-order valence-electron chi connectivity index (χ2n) is 3.24. The molecule has 5 nitrogen and oxygen atoms in total. The summed E-state index contributed by atoms with van der Waals surface area (Å²) in [5, 5.41) is 9.94. The first-order chi connectivity index (χ1) is 6.83. The Labute approximate surface area is 106 Å². The number of carbonyl (C=O) groups excluding carboxylic acids is 1. The lowest BCUT2D eigenvalue weighted by atomic mass is 9.98. The Kier molecular flexibility index (Phi) is 6.40. The fraction of sp³-hybridized carbons (Fsp3) is 0.556. The van der Waals surface area contributed by atoms with Crippen LogP contribution in [0.25, 0.3) is 0 Å². The molecule has 2 rings (SSSR count). The number of rotatable bonds is 2. The van der Waals surface area contributed by atoms with Crippen molar-refractivity contribution in [3.8, 4) is 0 Å². The molecule has 0 saturated carbocycles. The van der Waals surface area contributed by atoms with Crippen LogP contribution in [0.3, 0.4) is 0 Å². The number of fused-ring (bicyclic) bond motifs is 1. The van der Waals surface area contributed by atoms with E-state index in [2.05, 4.69) is 15.5 Å². The average Bonchev–Trinajstić information content (AvgIpc) is 2.65. The highest BCUT2D eigenvalue weighted by atomic mass is 35.5. The number of ether oxygens (including phenoxy) is 1. The van der Waals surface area contributed by atoms with E-state index in [1.54, 1.807) is 6.20 Å². The summed E-state index contributed by atoms with van der Waals surface area (Å²) >= 11 is 0. The first-order valence-electron chi connectivity index (χ1n) is 4.72. The number of halogens is 2. The average molecular weight is 268 g/mol. The molecule has 1 unspecified atom stereocenters. The number of hydrogen-bond donors (Lipinski definition) is 2. The molecule has 0 amide bonds. The molecule has 1 atom stereocenters. The standard InChI is InChI=1S/C9H13N3O2.2ClH/c1-2-14-9(13)7-5-10-3-6-4-11-12-8(6)7;;/h4,7,10H,2-3,5H2,1H3,(H,11,12);2*1H. The number of hydrogen-bond acceptors (Lipinski definition) is 4. The molecule has 0 saturated heterocycles. The first-order valence-corrected chi connectivity index (χ1v) is 4.72. The highest BCUT2D eigenvalue weighted by Gasteiger charge is 2.28. The van der Waals surface area contributed by atoms with Gasteiger partial charge in [-0.2, -0.15) is 5.10 Å². The van der Waals surface area contributed by atoms with Gasteiger partial charge in [0.25, 0.3) is 0 Å². The molecule has 2 heterocycles. The van der Waals surface area contributed by atoms with E-state index in [0.29, 0.717) is 13.2 Å². The zero-order chi connectivity index (χ0) is 9.97. The molecule has 0 spiro atoms. The third-order valence-corrected chi connectivity index (χ3v) is 2.33. The molecule has 0 fully saturated rings. The monoisotopic (exact) mass is 267 g/mol. The first kappa shape index (κ1) is 15.2. The summed E-state index contributed by atoms with van der Waals surface area (Å²) < 4.78 is 4.98. The molecule has 16 heavy (non-hydrogen) atoms. The highest BCUT2D eigenvalue weighted by Crippen LogP contribution is 2.22. The van der Waals surface area contributed by atoms with Crippen molar-refractivity contribution >= 4 is 30.8 Å². The van der Waals surface area contributed by atoms with Crippen molar-refractivity contribution in [2.75, 3.05) is 13.2 Å². The predicted molar refractivity (Wildman–Crippen MR) is 64.2 cm³/mol. The van der Waals surface area contributed by atoms with Crippen LogP contribution in [0.5, 0.6) is 0 Å². The maximum absolute atomic E-state index is 11.5. The van der Waals surface area contributed by atoms with Gasteiger partial charge in [0.15, 0.2) is 0 Å². The van der Waals surface area contributed by atoms with Gasteiger partial charge in [-0.25, -0.2) is 0 Å². The summed E-state index contributed by atoms with van der Waals surface area (Å²) in [6.07, 6.45) is 1.74. The van der Waals surface area contributed by atoms with Crippen LogP contribution < -0.4 is 5.32 Å². The van der Waals surface area contributed by atoms with E-state index in [4.69, 9.17) is 4.74 Å². The molecule has 1 aromatic heterocycles. The number of aromatic nitrogens is 2. The third-order valence-electron chi connectivity index (χ3n) is 2.33. The second kappa shape index (κ2) is 6.73. The Morgan fingerprint density at radius 1 is 1.62 bits per heavy atom. The van der Waals surface area contributed by atoms with Gasteiger partial charge in [0.05, 0.1) is 18.5 Å². The largest absolute Gasteiger partial charge is 0.465 e. The van der Waals surface area contributed by atoms with Crippen molar-refractivity contribution in [1.29, 1.82) is 0 Å². The van der Waals surface area contributed by atoms with Crippen molar-refractivity contribution in [3.63, 3.8) is 0 Å². The van der Waals surface area contributed by atoms with E-state index in [-0.39, 0.29) is 36.7 Å². The van der Waals surface area contributed by atoms with Gasteiger partial charge in [0, 0.05) is 18.7 Å². The van der Waals surface area contributed by atoms with E-state index in [0.717, 1.165) is 17.8 Å². The van der Waals surface area contributed by atoms with Gasteiger partial charge < -0.3 is 10.1 Å². The van der Waals surface area contributed by atoms with Crippen molar-refractivity contribution in [2.45, 2.75) is 19.4 Å². The zero-order valence-electron chi connectivity index (χ0n) is 8.86. The van der Waals surface area contributed by atoms with Crippen molar-refractivity contribution in [1.82, 2.24) is 15.5 Å². The Morgan fingerprint density at radius 2 is 2.38 bits per heavy atom. The lowest BCUT2D eigenvalue weighted by Gasteiger charge is -2.20. The summed E-state index contributed by atoms with van der Waals surface area (Å²) in [5.74, 6) is -0.425. The van der Waals surface area contributed by atoms with Crippen LogP contribution in [0.4, 0.5) is 0 Å². The van der Waals surface area contributed by atoms with Gasteiger partial charge in [-0.15, -0.1) is 24.8 Å². The van der Waals surface area contributed by atoms with E-state index >= 15 is 0 Å². The third kappa shape index (κ3) is 2.87. The normalized spacial score (nSPS) is 17.7. The Hall–Kier alpha value is -0.780.